The smallest absolute Gasteiger partial charge is 0.375 e. The number of aryl methyl sites for hydroxylation is 1. The van der Waals surface area contributed by atoms with Gasteiger partial charge in [-0.1, -0.05) is 12.0 Å². The van der Waals surface area contributed by atoms with Gasteiger partial charge in [0, 0.05) is 11.3 Å². The molecule has 0 saturated heterocycles. The number of rotatable bonds is 2. The molecular formula is C16H9F3N2O3S. The third kappa shape index (κ3) is 4.49. The standard InChI is InChI=1S/C16H9F3N2O3S/c1-11-3-2-4-14(21-11)7-5-12-6-8-15(13(9-12)10-20)24-25(22,23)16(17,18)19/h2-4,6,8-9H,1H3. The first-order valence-electron chi connectivity index (χ1n) is 6.63. The van der Waals surface area contributed by atoms with E-state index in [1.54, 1.807) is 31.2 Å². The van der Waals surface area contributed by atoms with Gasteiger partial charge < -0.3 is 4.18 Å². The van der Waals surface area contributed by atoms with Gasteiger partial charge in [-0.3, -0.25) is 0 Å². The quantitative estimate of drug-likeness (QED) is 0.464. The average Bonchev–Trinajstić information content (AvgIpc) is 2.52. The lowest BCUT2D eigenvalue weighted by atomic mass is 10.1. The Bertz CT molecular complexity index is 1010. The van der Waals surface area contributed by atoms with E-state index < -0.39 is 26.9 Å². The van der Waals surface area contributed by atoms with E-state index in [1.807, 2.05) is 0 Å². The normalized spacial score (nSPS) is 11.2. The van der Waals surface area contributed by atoms with Crippen LogP contribution in [0.3, 0.4) is 0 Å². The van der Waals surface area contributed by atoms with Crippen molar-refractivity contribution < 1.29 is 25.8 Å². The summed E-state index contributed by atoms with van der Waals surface area (Å²) in [6.45, 7) is 1.78. The molecule has 0 aliphatic rings. The maximum absolute atomic E-state index is 12.3. The third-order valence-electron chi connectivity index (χ3n) is 2.81. The number of halogens is 3. The molecule has 0 fully saturated rings. The highest BCUT2D eigenvalue weighted by molar-refractivity contribution is 7.88. The molecule has 0 radical (unpaired) electrons. The van der Waals surface area contributed by atoms with E-state index in [-0.39, 0.29) is 5.56 Å². The molecule has 0 atom stereocenters. The molecule has 0 spiro atoms. The topological polar surface area (TPSA) is 80.0 Å². The molecule has 9 heteroatoms. The second kappa shape index (κ2) is 6.83. The number of nitriles is 1. The SMILES string of the molecule is Cc1cccc(C#Cc2ccc(OS(=O)(=O)C(F)(F)F)c(C#N)c2)n1. The summed E-state index contributed by atoms with van der Waals surface area (Å²) in [4.78, 5) is 4.16. The van der Waals surface area contributed by atoms with Crippen molar-refractivity contribution in [3.05, 3.63) is 58.9 Å². The summed E-state index contributed by atoms with van der Waals surface area (Å²) in [7, 11) is -5.85. The molecule has 0 aliphatic heterocycles. The fraction of sp³-hybridized carbons (Fsp3) is 0.125. The minimum absolute atomic E-state index is 0.289. The maximum Gasteiger partial charge on any atom is 0.534 e. The first kappa shape index (κ1) is 18.3. The van der Waals surface area contributed by atoms with Crippen LogP contribution in [0.4, 0.5) is 13.2 Å². The monoisotopic (exact) mass is 366 g/mol. The lowest BCUT2D eigenvalue weighted by Crippen LogP contribution is -2.28. The summed E-state index contributed by atoms with van der Waals surface area (Å²) in [5, 5.41) is 9.00. The van der Waals surface area contributed by atoms with Crippen LogP contribution >= 0.6 is 0 Å². The second-order valence-corrected chi connectivity index (χ2v) is 6.26. The highest BCUT2D eigenvalue weighted by atomic mass is 32.2. The molecule has 0 bridgehead atoms. The number of nitrogens with zero attached hydrogens (tertiary/aromatic N) is 2. The first-order valence-corrected chi connectivity index (χ1v) is 8.04. The highest BCUT2D eigenvalue weighted by Crippen LogP contribution is 2.29. The zero-order valence-corrected chi connectivity index (χ0v) is 13.4. The Morgan fingerprint density at radius 1 is 1.16 bits per heavy atom. The van der Waals surface area contributed by atoms with Crippen LogP contribution in [0.25, 0.3) is 0 Å². The van der Waals surface area contributed by atoms with E-state index in [0.717, 1.165) is 17.8 Å². The Morgan fingerprint density at radius 3 is 2.48 bits per heavy atom. The Kier molecular flexibility index (Phi) is 5.00. The lowest BCUT2D eigenvalue weighted by molar-refractivity contribution is -0.0500. The van der Waals surface area contributed by atoms with Crippen LogP contribution < -0.4 is 4.18 Å². The van der Waals surface area contributed by atoms with E-state index in [1.165, 1.54) is 6.07 Å². The molecule has 1 aromatic carbocycles. The predicted molar refractivity (Wildman–Crippen MR) is 81.7 cm³/mol. The summed E-state index contributed by atoms with van der Waals surface area (Å²) in [5.41, 5.74) is -4.47. The van der Waals surface area contributed by atoms with Crippen LogP contribution in [-0.2, 0) is 10.1 Å². The number of pyridine rings is 1. The highest BCUT2D eigenvalue weighted by Gasteiger charge is 2.48. The maximum atomic E-state index is 12.3. The lowest BCUT2D eigenvalue weighted by Gasteiger charge is -2.10. The molecule has 5 nitrogen and oxygen atoms in total. The van der Waals surface area contributed by atoms with Crippen LogP contribution in [0.5, 0.6) is 5.75 Å². The van der Waals surface area contributed by atoms with Gasteiger partial charge in [0.2, 0.25) is 0 Å². The van der Waals surface area contributed by atoms with Gasteiger partial charge in [0.05, 0.1) is 5.56 Å². The fourth-order valence-corrected chi connectivity index (χ4v) is 2.16. The van der Waals surface area contributed by atoms with Crippen molar-refractivity contribution in [1.82, 2.24) is 4.98 Å². The molecule has 0 N–H and O–H groups in total. The third-order valence-corrected chi connectivity index (χ3v) is 3.77. The Hall–Kier alpha value is -3.04. The molecule has 0 aliphatic carbocycles. The largest absolute Gasteiger partial charge is 0.534 e. The molecule has 2 rings (SSSR count). The van der Waals surface area contributed by atoms with Gasteiger partial charge in [-0.05, 0) is 43.2 Å². The van der Waals surface area contributed by atoms with Crippen molar-refractivity contribution >= 4 is 10.1 Å². The van der Waals surface area contributed by atoms with Crippen molar-refractivity contribution in [2.45, 2.75) is 12.4 Å². The molecular weight excluding hydrogens is 357 g/mol. The van der Waals surface area contributed by atoms with E-state index in [2.05, 4.69) is 21.0 Å². The van der Waals surface area contributed by atoms with Gasteiger partial charge in [0.25, 0.3) is 0 Å². The first-order chi connectivity index (χ1) is 11.6. The Labute approximate surface area is 141 Å². The average molecular weight is 366 g/mol. The number of hydrogen-bond donors (Lipinski definition) is 0. The molecule has 1 aromatic heterocycles. The zero-order chi connectivity index (χ0) is 18.7. The summed E-state index contributed by atoms with van der Waals surface area (Å²) in [5.74, 6) is 4.70. The van der Waals surface area contributed by atoms with Gasteiger partial charge in [0.1, 0.15) is 11.8 Å². The Balaban J connectivity index is 2.34. The van der Waals surface area contributed by atoms with Gasteiger partial charge in [-0.2, -0.15) is 26.9 Å². The van der Waals surface area contributed by atoms with Crippen LogP contribution in [-0.4, -0.2) is 18.9 Å². The minimum Gasteiger partial charge on any atom is -0.375 e. The number of hydrogen-bond acceptors (Lipinski definition) is 5. The van der Waals surface area contributed by atoms with Gasteiger partial charge in [-0.25, -0.2) is 4.98 Å². The summed E-state index contributed by atoms with van der Waals surface area (Å²) in [6, 6.07) is 10.1. The molecule has 2 aromatic rings. The summed E-state index contributed by atoms with van der Waals surface area (Å²) >= 11 is 0. The molecule has 0 amide bonds. The summed E-state index contributed by atoms with van der Waals surface area (Å²) < 4.78 is 63.1. The zero-order valence-electron chi connectivity index (χ0n) is 12.6. The van der Waals surface area contributed by atoms with Crippen molar-refractivity contribution in [2.24, 2.45) is 0 Å². The van der Waals surface area contributed by atoms with Crippen molar-refractivity contribution in [3.8, 4) is 23.7 Å². The van der Waals surface area contributed by atoms with Crippen molar-refractivity contribution in [2.75, 3.05) is 0 Å². The number of aromatic nitrogens is 1. The molecule has 25 heavy (non-hydrogen) atoms. The minimum atomic E-state index is -5.85. The van der Waals surface area contributed by atoms with Gasteiger partial charge in [0.15, 0.2) is 5.75 Å². The van der Waals surface area contributed by atoms with Crippen molar-refractivity contribution in [3.63, 3.8) is 0 Å². The number of benzene rings is 1. The van der Waals surface area contributed by atoms with Gasteiger partial charge in [-0.15, -0.1) is 0 Å². The second-order valence-electron chi connectivity index (χ2n) is 4.72. The predicted octanol–water partition coefficient (Wildman–Crippen LogP) is 2.89. The van der Waals surface area contributed by atoms with Crippen LogP contribution in [0.1, 0.15) is 22.5 Å². The van der Waals surface area contributed by atoms with Crippen LogP contribution in [0.15, 0.2) is 36.4 Å². The van der Waals surface area contributed by atoms with E-state index in [4.69, 9.17) is 5.26 Å². The summed E-state index contributed by atoms with van der Waals surface area (Å²) in [6.07, 6.45) is 0. The van der Waals surface area contributed by atoms with Crippen LogP contribution in [0.2, 0.25) is 0 Å². The molecule has 128 valence electrons. The van der Waals surface area contributed by atoms with Crippen molar-refractivity contribution in [1.29, 1.82) is 5.26 Å². The van der Waals surface area contributed by atoms with E-state index in [0.29, 0.717) is 5.69 Å². The molecule has 0 unspecified atom stereocenters. The van der Waals surface area contributed by atoms with Gasteiger partial charge >= 0.3 is 15.6 Å². The van der Waals surface area contributed by atoms with E-state index in [9.17, 15) is 21.6 Å². The molecule has 0 saturated carbocycles. The van der Waals surface area contributed by atoms with E-state index >= 15 is 0 Å². The fourth-order valence-electron chi connectivity index (χ4n) is 1.68. The number of alkyl halides is 3. The molecule has 1 heterocycles. The Morgan fingerprint density at radius 2 is 1.88 bits per heavy atom. The van der Waals surface area contributed by atoms with Crippen LogP contribution in [0, 0.1) is 30.1 Å².